The molecule has 0 spiro atoms. The van der Waals surface area contributed by atoms with Crippen molar-refractivity contribution in [1.29, 1.82) is 0 Å². The second kappa shape index (κ2) is 4.98. The topological polar surface area (TPSA) is 74.6 Å². The molecule has 2 atom stereocenters. The number of hydrogen-bond acceptors (Lipinski definition) is 2. The molecule has 1 fully saturated rings. The van der Waals surface area contributed by atoms with E-state index in [0.29, 0.717) is 12.8 Å². The van der Waals surface area contributed by atoms with Gasteiger partial charge in [-0.05, 0) is 12.8 Å². The Morgan fingerprint density at radius 1 is 0.786 bits per heavy atom. The van der Waals surface area contributed by atoms with Gasteiger partial charge in [0.25, 0.3) is 0 Å². The monoisotopic (exact) mass is 200 g/mol. The van der Waals surface area contributed by atoms with Gasteiger partial charge >= 0.3 is 11.9 Å². The summed E-state index contributed by atoms with van der Waals surface area (Å²) in [6.45, 7) is 0. The summed E-state index contributed by atoms with van der Waals surface area (Å²) in [7, 11) is 0. The van der Waals surface area contributed by atoms with Gasteiger partial charge in [-0.25, -0.2) is 0 Å². The normalized spacial score (nSPS) is 28.9. The van der Waals surface area contributed by atoms with Gasteiger partial charge in [-0.2, -0.15) is 0 Å². The molecule has 0 aromatic heterocycles. The lowest BCUT2D eigenvalue weighted by molar-refractivity contribution is -0.154. The quantitative estimate of drug-likeness (QED) is 0.712. The Morgan fingerprint density at radius 3 is 1.43 bits per heavy atom. The van der Waals surface area contributed by atoms with Crippen LogP contribution >= 0.6 is 0 Å². The highest BCUT2D eigenvalue weighted by Crippen LogP contribution is 2.28. The van der Waals surface area contributed by atoms with Gasteiger partial charge < -0.3 is 10.2 Å². The fourth-order valence-electron chi connectivity index (χ4n) is 2.08. The largest absolute Gasteiger partial charge is 0.481 e. The Morgan fingerprint density at radius 2 is 1.14 bits per heavy atom. The summed E-state index contributed by atoms with van der Waals surface area (Å²) in [5.41, 5.74) is 0. The lowest BCUT2D eigenvalue weighted by Crippen LogP contribution is -2.30. The van der Waals surface area contributed by atoms with Crippen LogP contribution < -0.4 is 0 Å². The lowest BCUT2D eigenvalue weighted by atomic mass is 9.82. The van der Waals surface area contributed by atoms with Crippen molar-refractivity contribution in [2.45, 2.75) is 38.5 Å². The fraction of sp³-hybridized carbons (Fsp3) is 0.800. The maximum atomic E-state index is 10.9. The molecule has 1 rings (SSSR count). The number of aliphatic carboxylic acids is 2. The van der Waals surface area contributed by atoms with E-state index < -0.39 is 23.8 Å². The van der Waals surface area contributed by atoms with Crippen LogP contribution in [0.15, 0.2) is 0 Å². The third-order valence-electron chi connectivity index (χ3n) is 2.90. The average Bonchev–Trinajstić information content (AvgIpc) is 2.01. The smallest absolute Gasteiger partial charge is 0.307 e. The maximum absolute atomic E-state index is 10.9. The zero-order valence-corrected chi connectivity index (χ0v) is 8.11. The van der Waals surface area contributed by atoms with Crippen LogP contribution in [0.2, 0.25) is 0 Å². The van der Waals surface area contributed by atoms with Crippen molar-refractivity contribution in [1.82, 2.24) is 0 Å². The molecule has 0 heterocycles. The van der Waals surface area contributed by atoms with E-state index in [0.717, 1.165) is 25.7 Å². The van der Waals surface area contributed by atoms with E-state index in [1.807, 2.05) is 0 Å². The Labute approximate surface area is 82.9 Å². The van der Waals surface area contributed by atoms with Crippen molar-refractivity contribution in [2.75, 3.05) is 0 Å². The summed E-state index contributed by atoms with van der Waals surface area (Å²) < 4.78 is 0. The maximum Gasteiger partial charge on any atom is 0.307 e. The van der Waals surface area contributed by atoms with Gasteiger partial charge in [0.1, 0.15) is 0 Å². The lowest BCUT2D eigenvalue weighted by Gasteiger charge is -2.22. The molecule has 4 heteroatoms. The van der Waals surface area contributed by atoms with Gasteiger partial charge in [-0.3, -0.25) is 9.59 Å². The molecule has 0 unspecified atom stereocenters. The molecule has 1 aliphatic rings. The van der Waals surface area contributed by atoms with E-state index in [1.54, 1.807) is 0 Å². The first kappa shape index (κ1) is 11.0. The van der Waals surface area contributed by atoms with Crippen LogP contribution in [-0.2, 0) is 9.59 Å². The van der Waals surface area contributed by atoms with Crippen molar-refractivity contribution in [2.24, 2.45) is 11.8 Å². The highest BCUT2D eigenvalue weighted by molar-refractivity contribution is 5.79. The van der Waals surface area contributed by atoms with Crippen LogP contribution in [-0.4, -0.2) is 22.2 Å². The van der Waals surface area contributed by atoms with Crippen molar-refractivity contribution in [3.63, 3.8) is 0 Å². The standard InChI is InChI=1S/C10H16O4/c11-9(12)7-5-3-1-2-4-6-8(7)10(13)14/h7-8H,1-6H2,(H,11,12)(H,13,14)/t7-,8+. The molecule has 0 amide bonds. The van der Waals surface area contributed by atoms with Crippen LogP contribution in [0.4, 0.5) is 0 Å². The molecule has 0 bridgehead atoms. The summed E-state index contributed by atoms with van der Waals surface area (Å²) in [4.78, 5) is 21.7. The Bertz CT molecular complexity index is 200. The molecule has 1 saturated carbocycles. The predicted octanol–water partition coefficient (Wildman–Crippen LogP) is 1.74. The van der Waals surface area contributed by atoms with Gasteiger partial charge in [-0.15, -0.1) is 0 Å². The van der Waals surface area contributed by atoms with Crippen molar-refractivity contribution in [3.05, 3.63) is 0 Å². The molecule has 4 nitrogen and oxygen atoms in total. The van der Waals surface area contributed by atoms with Gasteiger partial charge in [0.05, 0.1) is 11.8 Å². The van der Waals surface area contributed by atoms with Crippen LogP contribution in [0, 0.1) is 11.8 Å². The molecule has 0 aromatic carbocycles. The SMILES string of the molecule is O=C(O)[C@H]1CCCCCC[C@H]1C(=O)O. The molecular weight excluding hydrogens is 184 g/mol. The Hall–Kier alpha value is -1.06. The van der Waals surface area contributed by atoms with Gasteiger partial charge in [-0.1, -0.05) is 25.7 Å². The fourth-order valence-corrected chi connectivity index (χ4v) is 2.08. The second-order valence-corrected chi connectivity index (χ2v) is 3.88. The summed E-state index contributed by atoms with van der Waals surface area (Å²) in [6.07, 6.45) is 4.73. The molecule has 0 aromatic rings. The third-order valence-corrected chi connectivity index (χ3v) is 2.90. The molecule has 0 saturated heterocycles. The number of rotatable bonds is 2. The molecule has 80 valence electrons. The molecular formula is C10H16O4. The van der Waals surface area contributed by atoms with E-state index in [4.69, 9.17) is 10.2 Å². The van der Waals surface area contributed by atoms with E-state index in [9.17, 15) is 9.59 Å². The van der Waals surface area contributed by atoms with Crippen LogP contribution in [0.3, 0.4) is 0 Å². The first-order valence-corrected chi connectivity index (χ1v) is 5.08. The van der Waals surface area contributed by atoms with E-state index in [-0.39, 0.29) is 0 Å². The zero-order chi connectivity index (χ0) is 10.6. The molecule has 0 radical (unpaired) electrons. The first-order chi connectivity index (χ1) is 6.63. The van der Waals surface area contributed by atoms with Crippen molar-refractivity contribution < 1.29 is 19.8 Å². The van der Waals surface area contributed by atoms with Gasteiger partial charge in [0.2, 0.25) is 0 Å². The summed E-state index contributed by atoms with van der Waals surface area (Å²) in [5, 5.41) is 17.8. The Kier molecular flexibility index (Phi) is 3.92. The van der Waals surface area contributed by atoms with Crippen molar-refractivity contribution in [3.8, 4) is 0 Å². The zero-order valence-electron chi connectivity index (χ0n) is 8.11. The van der Waals surface area contributed by atoms with Gasteiger partial charge in [0, 0.05) is 0 Å². The van der Waals surface area contributed by atoms with E-state index >= 15 is 0 Å². The van der Waals surface area contributed by atoms with Crippen LogP contribution in [0.25, 0.3) is 0 Å². The van der Waals surface area contributed by atoms with Crippen molar-refractivity contribution >= 4 is 11.9 Å². The van der Waals surface area contributed by atoms with Crippen LogP contribution in [0.1, 0.15) is 38.5 Å². The summed E-state index contributed by atoms with van der Waals surface area (Å²) in [6, 6.07) is 0. The first-order valence-electron chi connectivity index (χ1n) is 5.08. The highest BCUT2D eigenvalue weighted by atomic mass is 16.4. The molecule has 2 N–H and O–H groups in total. The Balaban J connectivity index is 2.70. The van der Waals surface area contributed by atoms with E-state index in [1.165, 1.54) is 0 Å². The molecule has 14 heavy (non-hydrogen) atoms. The van der Waals surface area contributed by atoms with Crippen LogP contribution in [0.5, 0.6) is 0 Å². The minimum absolute atomic E-state index is 0.506. The van der Waals surface area contributed by atoms with Gasteiger partial charge in [0.15, 0.2) is 0 Å². The number of carboxylic acid groups (broad SMARTS) is 2. The second-order valence-electron chi connectivity index (χ2n) is 3.88. The number of carbonyl (C=O) groups is 2. The minimum atomic E-state index is -0.959. The highest BCUT2D eigenvalue weighted by Gasteiger charge is 2.33. The third kappa shape index (κ3) is 2.72. The summed E-state index contributed by atoms with van der Waals surface area (Å²) in [5.74, 6) is -3.29. The minimum Gasteiger partial charge on any atom is -0.481 e. The predicted molar refractivity (Wildman–Crippen MR) is 50.0 cm³/mol. The summed E-state index contributed by atoms with van der Waals surface area (Å²) >= 11 is 0. The molecule has 1 aliphatic carbocycles. The van der Waals surface area contributed by atoms with E-state index in [2.05, 4.69) is 0 Å². The average molecular weight is 200 g/mol. The molecule has 0 aliphatic heterocycles. The number of carboxylic acids is 2. The number of hydrogen-bond donors (Lipinski definition) is 2.